The monoisotopic (exact) mass is 465 g/mol. The molecule has 7 nitrogen and oxygen atoms in total. The summed E-state index contributed by atoms with van der Waals surface area (Å²) >= 11 is 0. The maximum absolute atomic E-state index is 14.1. The van der Waals surface area contributed by atoms with Crippen LogP contribution in [0.1, 0.15) is 18.5 Å². The number of rotatable bonds is 3. The van der Waals surface area contributed by atoms with Crippen LogP contribution in [0.25, 0.3) is 11.0 Å². The first-order valence-electron chi connectivity index (χ1n) is 11.9. The molecule has 176 valence electrons. The number of hydrogen-bond donors (Lipinski definition) is 2. The van der Waals surface area contributed by atoms with Gasteiger partial charge in [-0.1, -0.05) is 48.5 Å². The molecule has 0 saturated carbocycles. The fourth-order valence-corrected chi connectivity index (χ4v) is 5.23. The van der Waals surface area contributed by atoms with Crippen molar-refractivity contribution in [2.24, 2.45) is 0 Å². The highest BCUT2D eigenvalue weighted by Crippen LogP contribution is 2.42. The van der Waals surface area contributed by atoms with Crippen molar-refractivity contribution in [3.8, 4) is 5.75 Å². The van der Waals surface area contributed by atoms with Gasteiger partial charge in [0.1, 0.15) is 5.75 Å². The van der Waals surface area contributed by atoms with Crippen molar-refractivity contribution < 1.29 is 9.90 Å². The molecule has 0 unspecified atom stereocenters. The van der Waals surface area contributed by atoms with Crippen LogP contribution >= 0.6 is 0 Å². The van der Waals surface area contributed by atoms with Crippen LogP contribution in [0.5, 0.6) is 5.75 Å². The van der Waals surface area contributed by atoms with E-state index in [-0.39, 0.29) is 11.7 Å². The van der Waals surface area contributed by atoms with Crippen molar-refractivity contribution in [1.82, 2.24) is 14.5 Å². The summed E-state index contributed by atoms with van der Waals surface area (Å²) in [6.07, 6.45) is 0. The molecule has 0 spiro atoms. The zero-order valence-corrected chi connectivity index (χ0v) is 19.6. The lowest BCUT2D eigenvalue weighted by Crippen LogP contribution is -2.50. The largest absolute Gasteiger partial charge is 0.508 e. The average molecular weight is 466 g/mol. The van der Waals surface area contributed by atoms with Crippen LogP contribution in [-0.2, 0) is 4.79 Å². The molecule has 1 amide bonds. The average Bonchev–Trinajstić information content (AvgIpc) is 3.26. The number of phenolic OH excluding ortho intramolecular Hbond substituents is 1. The van der Waals surface area contributed by atoms with Crippen LogP contribution in [0.4, 0.5) is 11.6 Å². The first-order valence-corrected chi connectivity index (χ1v) is 11.9. The number of fused-ring (bicyclic) bond motifs is 3. The zero-order chi connectivity index (χ0) is 23.9. The zero-order valence-electron chi connectivity index (χ0n) is 19.6. The van der Waals surface area contributed by atoms with Gasteiger partial charge in [0.25, 0.3) is 5.91 Å². The first kappa shape index (κ1) is 21.3. The van der Waals surface area contributed by atoms with E-state index >= 15 is 0 Å². The number of anilines is 2. The fraction of sp³-hybridized carbons (Fsp3) is 0.214. The minimum atomic E-state index is -0.487. The summed E-state index contributed by atoms with van der Waals surface area (Å²) in [5.41, 5.74) is 5.01. The summed E-state index contributed by atoms with van der Waals surface area (Å²) in [7, 11) is 0. The molecule has 2 aliphatic heterocycles. The van der Waals surface area contributed by atoms with E-state index in [9.17, 15) is 9.90 Å². The second-order valence-corrected chi connectivity index (χ2v) is 9.03. The molecule has 2 aliphatic rings. The van der Waals surface area contributed by atoms with Crippen LogP contribution < -0.4 is 10.2 Å². The molecular weight excluding hydrogens is 438 g/mol. The number of carbonyl (C=O) groups is 1. The Labute approximate surface area is 203 Å². The molecule has 0 bridgehead atoms. The Morgan fingerprint density at radius 3 is 2.37 bits per heavy atom. The van der Waals surface area contributed by atoms with Crippen LogP contribution in [0.2, 0.25) is 0 Å². The van der Waals surface area contributed by atoms with E-state index in [0.717, 1.165) is 29.8 Å². The smallest absolute Gasteiger partial charge is 0.254 e. The third-order valence-electron chi connectivity index (χ3n) is 6.98. The number of amides is 1. The number of phenols is 1. The number of imidazole rings is 1. The van der Waals surface area contributed by atoms with Gasteiger partial charge in [0.15, 0.2) is 0 Å². The lowest BCUT2D eigenvalue weighted by molar-refractivity contribution is -0.127. The molecule has 7 heteroatoms. The predicted octanol–water partition coefficient (Wildman–Crippen LogP) is 4.38. The second kappa shape index (κ2) is 8.51. The molecule has 35 heavy (non-hydrogen) atoms. The molecule has 1 atom stereocenters. The van der Waals surface area contributed by atoms with Gasteiger partial charge in [-0.15, -0.1) is 0 Å². The molecule has 0 radical (unpaired) electrons. The van der Waals surface area contributed by atoms with Gasteiger partial charge in [-0.3, -0.25) is 9.36 Å². The number of carbonyl (C=O) groups excluding carboxylic acids is 1. The number of benzene rings is 3. The van der Waals surface area contributed by atoms with E-state index in [1.807, 2.05) is 71.0 Å². The molecule has 3 heterocycles. The van der Waals surface area contributed by atoms with Crippen molar-refractivity contribution in [3.05, 3.63) is 95.7 Å². The molecule has 6 rings (SSSR count). The number of nitrogens with zero attached hydrogens (tertiary/aromatic N) is 4. The molecule has 3 aromatic carbocycles. The molecule has 2 N–H and O–H groups in total. The summed E-state index contributed by atoms with van der Waals surface area (Å²) in [6.45, 7) is 4.74. The SMILES string of the molecule is CC1=C(C(=O)N2CCN(c3ccccc3)CC2)[C@@H](c2ccccc2O)n2c(nc3ccccc32)N1. The topological polar surface area (TPSA) is 73.6 Å². The number of para-hydroxylation sites is 4. The summed E-state index contributed by atoms with van der Waals surface area (Å²) < 4.78 is 2.03. The lowest BCUT2D eigenvalue weighted by Gasteiger charge is -2.39. The van der Waals surface area contributed by atoms with Crippen LogP contribution in [0, 0.1) is 0 Å². The molecule has 1 fully saturated rings. The Balaban J connectivity index is 1.38. The molecule has 1 saturated heterocycles. The van der Waals surface area contributed by atoms with E-state index in [1.54, 1.807) is 12.1 Å². The summed E-state index contributed by atoms with van der Waals surface area (Å²) in [5.74, 6) is 0.817. The van der Waals surface area contributed by atoms with Gasteiger partial charge in [-0.05, 0) is 37.3 Å². The van der Waals surface area contributed by atoms with Gasteiger partial charge in [0.2, 0.25) is 5.95 Å². The van der Waals surface area contributed by atoms with Gasteiger partial charge >= 0.3 is 0 Å². The Kier molecular flexibility index (Phi) is 5.17. The third kappa shape index (κ3) is 3.60. The molecule has 1 aromatic heterocycles. The van der Waals surface area contributed by atoms with E-state index < -0.39 is 6.04 Å². The molecule has 4 aromatic rings. The number of aromatic hydroxyl groups is 1. The van der Waals surface area contributed by atoms with Gasteiger partial charge in [0.05, 0.1) is 22.6 Å². The highest BCUT2D eigenvalue weighted by Gasteiger charge is 2.37. The Hall–Kier alpha value is -4.26. The van der Waals surface area contributed by atoms with Gasteiger partial charge in [-0.25, -0.2) is 4.98 Å². The Bertz CT molecular complexity index is 1430. The van der Waals surface area contributed by atoms with E-state index in [4.69, 9.17) is 4.98 Å². The van der Waals surface area contributed by atoms with Crippen molar-refractivity contribution in [2.75, 3.05) is 36.4 Å². The number of nitrogens with one attached hydrogen (secondary N) is 1. The number of allylic oxidation sites excluding steroid dienone is 1. The van der Waals surface area contributed by atoms with Crippen LogP contribution in [-0.4, -0.2) is 51.6 Å². The highest BCUT2D eigenvalue weighted by atomic mass is 16.3. The normalized spacial score (nSPS) is 17.9. The maximum Gasteiger partial charge on any atom is 0.254 e. The highest BCUT2D eigenvalue weighted by molar-refractivity contribution is 5.98. The first-order chi connectivity index (χ1) is 17.1. The molecule has 0 aliphatic carbocycles. The maximum atomic E-state index is 14.1. The second-order valence-electron chi connectivity index (χ2n) is 9.03. The number of hydrogen-bond acceptors (Lipinski definition) is 5. The fourth-order valence-electron chi connectivity index (χ4n) is 5.23. The van der Waals surface area contributed by atoms with Gasteiger partial charge in [-0.2, -0.15) is 0 Å². The quantitative estimate of drug-likeness (QED) is 0.470. The lowest BCUT2D eigenvalue weighted by atomic mass is 9.93. The number of aromatic nitrogens is 2. The van der Waals surface area contributed by atoms with Crippen molar-refractivity contribution in [3.63, 3.8) is 0 Å². The summed E-state index contributed by atoms with van der Waals surface area (Å²) in [6, 6.07) is 25.0. The minimum Gasteiger partial charge on any atom is -0.508 e. The van der Waals surface area contributed by atoms with E-state index in [2.05, 4.69) is 22.3 Å². The standard InChI is InChI=1S/C28H27N5O2/c1-19-25(27(35)32-17-15-31(16-18-32)20-9-3-2-4-10-20)26(21-11-5-8-14-24(21)34)33-23-13-7-6-12-22(23)30-28(33)29-19/h2-14,26,34H,15-18H2,1H3,(H,29,30)/t26-/m1/s1. The van der Waals surface area contributed by atoms with Crippen molar-refractivity contribution in [1.29, 1.82) is 0 Å². The third-order valence-corrected chi connectivity index (χ3v) is 6.98. The minimum absolute atomic E-state index is 0.0144. The van der Waals surface area contributed by atoms with Crippen LogP contribution in [0.3, 0.4) is 0 Å². The summed E-state index contributed by atoms with van der Waals surface area (Å²) in [4.78, 5) is 23.1. The Morgan fingerprint density at radius 2 is 1.60 bits per heavy atom. The number of piperazine rings is 1. The Morgan fingerprint density at radius 1 is 0.914 bits per heavy atom. The van der Waals surface area contributed by atoms with Gasteiger partial charge in [0, 0.05) is 43.1 Å². The van der Waals surface area contributed by atoms with Crippen LogP contribution in [0.15, 0.2) is 90.1 Å². The summed E-state index contributed by atoms with van der Waals surface area (Å²) in [5, 5.41) is 14.2. The van der Waals surface area contributed by atoms with Crippen molar-refractivity contribution >= 4 is 28.6 Å². The predicted molar refractivity (Wildman–Crippen MR) is 138 cm³/mol. The molecular formula is C28H27N5O2. The van der Waals surface area contributed by atoms with E-state index in [1.165, 1.54) is 5.69 Å². The van der Waals surface area contributed by atoms with Crippen molar-refractivity contribution in [2.45, 2.75) is 13.0 Å². The van der Waals surface area contributed by atoms with E-state index in [0.29, 0.717) is 30.2 Å². The van der Waals surface area contributed by atoms with Gasteiger partial charge < -0.3 is 20.2 Å².